The monoisotopic (exact) mass is 460 g/mol. The van der Waals surface area contributed by atoms with Gasteiger partial charge >= 0.3 is 17.9 Å². The molecule has 1 aromatic heterocycles. The molecule has 0 saturated heterocycles. The Labute approximate surface area is 191 Å². The Balaban J connectivity index is 0.000000582. The number of nitrogens with zero attached hydrogens (tertiary/aromatic N) is 1. The standard InChI is InChI=1S/C19H24N2O4.C4H4O4/c1-2-24-19(23)7-3-6-18(22)15-8-10-17(11-9-15)25-12-4-5-16-13-20-14-21-16;5-3(6)1-2-4(7)8/h8-11,13-14H,2-7,12H2,1H3,(H,20,21);1-2H,(H,5,6)(H,7,8)/b;2-1-. The third kappa shape index (κ3) is 13.1. The van der Waals surface area contributed by atoms with Crippen LogP contribution in [0.15, 0.2) is 48.9 Å². The average Bonchev–Trinajstić information content (AvgIpc) is 3.30. The fourth-order valence-corrected chi connectivity index (χ4v) is 2.52. The number of Topliss-reactive ketones (excluding diaryl/α,β-unsaturated/α-hetero) is 1. The molecule has 0 aliphatic rings. The van der Waals surface area contributed by atoms with Gasteiger partial charge in [-0.15, -0.1) is 0 Å². The van der Waals surface area contributed by atoms with Crippen LogP contribution in [0.2, 0.25) is 0 Å². The lowest BCUT2D eigenvalue weighted by Crippen LogP contribution is -2.06. The smallest absolute Gasteiger partial charge is 0.328 e. The number of benzene rings is 1. The zero-order chi connectivity index (χ0) is 24.5. The van der Waals surface area contributed by atoms with Crippen LogP contribution >= 0.6 is 0 Å². The van der Waals surface area contributed by atoms with E-state index in [1.807, 2.05) is 6.20 Å². The molecule has 0 spiro atoms. The zero-order valence-electron chi connectivity index (χ0n) is 18.4. The van der Waals surface area contributed by atoms with Gasteiger partial charge in [0.1, 0.15) is 5.75 Å². The third-order valence-corrected chi connectivity index (χ3v) is 4.05. The van der Waals surface area contributed by atoms with Crippen molar-refractivity contribution in [2.24, 2.45) is 0 Å². The molecular weight excluding hydrogens is 432 g/mol. The van der Waals surface area contributed by atoms with Gasteiger partial charge in [-0.3, -0.25) is 9.59 Å². The van der Waals surface area contributed by atoms with Crippen LogP contribution < -0.4 is 4.74 Å². The number of nitrogens with one attached hydrogen (secondary N) is 1. The van der Waals surface area contributed by atoms with Crippen molar-refractivity contribution in [1.82, 2.24) is 9.97 Å². The number of carboxylic acids is 2. The summed E-state index contributed by atoms with van der Waals surface area (Å²) in [5.41, 5.74) is 1.72. The van der Waals surface area contributed by atoms with Crippen molar-refractivity contribution in [2.75, 3.05) is 13.2 Å². The Morgan fingerprint density at radius 2 is 1.67 bits per heavy atom. The van der Waals surface area contributed by atoms with Crippen LogP contribution in [-0.4, -0.2) is 57.1 Å². The molecule has 10 heteroatoms. The molecule has 10 nitrogen and oxygen atoms in total. The fraction of sp³-hybridized carbons (Fsp3) is 0.348. The highest BCUT2D eigenvalue weighted by Crippen LogP contribution is 2.15. The summed E-state index contributed by atoms with van der Waals surface area (Å²) in [4.78, 5) is 49.5. The van der Waals surface area contributed by atoms with E-state index in [2.05, 4.69) is 9.97 Å². The molecule has 178 valence electrons. The van der Waals surface area contributed by atoms with Gasteiger partial charge in [0.05, 0.1) is 19.5 Å². The van der Waals surface area contributed by atoms with Gasteiger partial charge in [0, 0.05) is 42.4 Å². The first-order valence-corrected chi connectivity index (χ1v) is 10.3. The molecule has 0 aliphatic heterocycles. The van der Waals surface area contributed by atoms with Gasteiger partial charge in [-0.2, -0.15) is 0 Å². The molecular formula is C23H28N2O8. The lowest BCUT2D eigenvalue weighted by atomic mass is 10.1. The molecule has 0 amide bonds. The maximum Gasteiger partial charge on any atom is 0.328 e. The second-order valence-corrected chi connectivity index (χ2v) is 6.64. The molecule has 0 saturated carbocycles. The highest BCUT2D eigenvalue weighted by molar-refractivity contribution is 5.96. The summed E-state index contributed by atoms with van der Waals surface area (Å²) in [5, 5.41) is 15.6. The summed E-state index contributed by atoms with van der Waals surface area (Å²) < 4.78 is 10.5. The van der Waals surface area contributed by atoms with Crippen LogP contribution in [0.25, 0.3) is 0 Å². The number of ether oxygens (including phenoxy) is 2. The fourth-order valence-electron chi connectivity index (χ4n) is 2.52. The van der Waals surface area contributed by atoms with E-state index in [4.69, 9.17) is 19.7 Å². The number of hydrogen-bond acceptors (Lipinski definition) is 7. The number of imidazole rings is 1. The van der Waals surface area contributed by atoms with Crippen molar-refractivity contribution >= 4 is 23.7 Å². The molecule has 2 aromatic rings. The highest BCUT2D eigenvalue weighted by atomic mass is 16.5. The molecule has 33 heavy (non-hydrogen) atoms. The van der Waals surface area contributed by atoms with Crippen molar-refractivity contribution < 1.29 is 38.9 Å². The Morgan fingerprint density at radius 1 is 1.00 bits per heavy atom. The van der Waals surface area contributed by atoms with E-state index in [1.165, 1.54) is 0 Å². The van der Waals surface area contributed by atoms with Crippen LogP contribution in [0, 0.1) is 0 Å². The maximum atomic E-state index is 12.1. The van der Waals surface area contributed by atoms with Crippen molar-refractivity contribution in [1.29, 1.82) is 0 Å². The van der Waals surface area contributed by atoms with Gasteiger partial charge in [-0.05, 0) is 50.5 Å². The van der Waals surface area contributed by atoms with E-state index < -0.39 is 11.9 Å². The van der Waals surface area contributed by atoms with Crippen LogP contribution in [-0.2, 0) is 25.5 Å². The molecule has 0 atom stereocenters. The molecule has 0 fully saturated rings. The van der Waals surface area contributed by atoms with Crippen molar-refractivity contribution in [3.05, 3.63) is 60.2 Å². The first kappa shape index (κ1) is 27.1. The Kier molecular flexibility index (Phi) is 13.0. The minimum atomic E-state index is -1.26. The molecule has 0 radical (unpaired) electrons. The van der Waals surface area contributed by atoms with Crippen LogP contribution in [0.1, 0.15) is 48.7 Å². The zero-order valence-corrected chi connectivity index (χ0v) is 18.4. The molecule has 0 unspecified atom stereocenters. The van der Waals surface area contributed by atoms with E-state index in [1.54, 1.807) is 37.5 Å². The van der Waals surface area contributed by atoms with Gasteiger partial charge in [-0.25, -0.2) is 14.6 Å². The van der Waals surface area contributed by atoms with E-state index in [9.17, 15) is 19.2 Å². The number of aryl methyl sites for hydroxylation is 1. The second kappa shape index (κ2) is 15.8. The number of hydrogen-bond donors (Lipinski definition) is 3. The number of aromatic nitrogens is 2. The van der Waals surface area contributed by atoms with Crippen LogP contribution in [0.3, 0.4) is 0 Å². The van der Waals surface area contributed by atoms with Crippen molar-refractivity contribution in [3.63, 3.8) is 0 Å². The van der Waals surface area contributed by atoms with Gasteiger partial charge < -0.3 is 24.7 Å². The number of rotatable bonds is 13. The number of aromatic amines is 1. The molecule has 3 N–H and O–H groups in total. The number of carbonyl (C=O) groups is 4. The third-order valence-electron chi connectivity index (χ3n) is 4.05. The number of esters is 1. The molecule has 0 aliphatic carbocycles. The predicted molar refractivity (Wildman–Crippen MR) is 118 cm³/mol. The summed E-state index contributed by atoms with van der Waals surface area (Å²) in [6, 6.07) is 7.12. The number of H-pyrrole nitrogens is 1. The average molecular weight is 460 g/mol. The number of aliphatic carboxylic acids is 2. The molecule has 2 rings (SSSR count). The number of carbonyl (C=O) groups excluding carboxylic acids is 2. The summed E-state index contributed by atoms with van der Waals surface area (Å²) in [7, 11) is 0. The Hall–Kier alpha value is -3.95. The van der Waals surface area contributed by atoms with Crippen molar-refractivity contribution in [3.8, 4) is 5.75 Å². The summed E-state index contributed by atoms with van der Waals surface area (Å²) in [5.74, 6) is -2.00. The van der Waals surface area contributed by atoms with E-state index in [0.717, 1.165) is 24.3 Å². The second-order valence-electron chi connectivity index (χ2n) is 6.64. The first-order chi connectivity index (χ1) is 15.8. The lowest BCUT2D eigenvalue weighted by Gasteiger charge is -2.07. The maximum absolute atomic E-state index is 12.1. The Morgan fingerprint density at radius 3 is 2.21 bits per heavy atom. The largest absolute Gasteiger partial charge is 0.494 e. The predicted octanol–water partition coefficient (Wildman–Crippen LogP) is 3.05. The van der Waals surface area contributed by atoms with Gasteiger partial charge in [-0.1, -0.05) is 0 Å². The van der Waals surface area contributed by atoms with E-state index in [-0.39, 0.29) is 18.2 Å². The first-order valence-electron chi connectivity index (χ1n) is 10.3. The normalized spacial score (nSPS) is 10.2. The topological polar surface area (TPSA) is 156 Å². The number of carboxylic acid groups (broad SMARTS) is 2. The molecule has 0 bridgehead atoms. The van der Waals surface area contributed by atoms with Crippen molar-refractivity contribution in [2.45, 2.75) is 39.0 Å². The van der Waals surface area contributed by atoms with Crippen LogP contribution in [0.5, 0.6) is 5.75 Å². The summed E-state index contributed by atoms with van der Waals surface area (Å²) in [6.45, 7) is 2.74. The summed E-state index contributed by atoms with van der Waals surface area (Å²) in [6.07, 6.45) is 7.48. The van der Waals surface area contributed by atoms with Crippen LogP contribution in [0.4, 0.5) is 0 Å². The molecule has 1 aromatic carbocycles. The van der Waals surface area contributed by atoms with E-state index in [0.29, 0.717) is 43.8 Å². The minimum absolute atomic E-state index is 0.0232. The quantitative estimate of drug-likeness (QED) is 0.177. The highest BCUT2D eigenvalue weighted by Gasteiger charge is 2.08. The number of ketones is 1. The van der Waals surface area contributed by atoms with Gasteiger partial charge in [0.15, 0.2) is 5.78 Å². The SMILES string of the molecule is CCOC(=O)CCCC(=O)c1ccc(OCCCc2cnc[nH]2)cc1.O=C(O)/C=C\C(=O)O. The Bertz CT molecular complexity index is 889. The molecule has 1 heterocycles. The van der Waals surface area contributed by atoms with Gasteiger partial charge in [0.25, 0.3) is 0 Å². The summed E-state index contributed by atoms with van der Waals surface area (Å²) >= 11 is 0. The van der Waals surface area contributed by atoms with Gasteiger partial charge in [0.2, 0.25) is 0 Å². The minimum Gasteiger partial charge on any atom is -0.494 e. The van der Waals surface area contributed by atoms with E-state index >= 15 is 0 Å². The lowest BCUT2D eigenvalue weighted by molar-refractivity contribution is -0.143.